The van der Waals surface area contributed by atoms with Crippen molar-refractivity contribution in [1.82, 2.24) is 5.32 Å². The number of aryl methyl sites for hydroxylation is 1. The zero-order chi connectivity index (χ0) is 17.1. The molecular weight excluding hydrogens is 288 g/mol. The van der Waals surface area contributed by atoms with Gasteiger partial charge in [-0.1, -0.05) is 12.1 Å². The molecule has 0 fully saturated rings. The van der Waals surface area contributed by atoms with Crippen LogP contribution in [0.15, 0.2) is 18.2 Å². The van der Waals surface area contributed by atoms with Crippen molar-refractivity contribution in [1.29, 1.82) is 0 Å². The molecule has 1 aromatic rings. The highest BCUT2D eigenvalue weighted by atomic mass is 16.6. The third-order valence-corrected chi connectivity index (χ3v) is 2.96. The van der Waals surface area contributed by atoms with Gasteiger partial charge in [-0.3, -0.25) is 10.1 Å². The van der Waals surface area contributed by atoms with Crippen LogP contribution in [0.1, 0.15) is 38.8 Å². The first-order valence-electron chi connectivity index (χ1n) is 6.72. The smallest absolute Gasteiger partial charge is 0.408 e. The summed E-state index contributed by atoms with van der Waals surface area (Å²) in [4.78, 5) is 34.1. The lowest BCUT2D eigenvalue weighted by atomic mass is 9.88. The summed E-state index contributed by atoms with van der Waals surface area (Å²) in [6.45, 7) is 8.09. The number of nitrogens with one attached hydrogen (secondary N) is 1. The number of benzene rings is 1. The van der Waals surface area contributed by atoms with Crippen LogP contribution in [0.3, 0.4) is 0 Å². The lowest BCUT2D eigenvalue weighted by Crippen LogP contribution is -2.47. The molecule has 7 heteroatoms. The molecule has 0 aliphatic heterocycles. The maximum Gasteiger partial charge on any atom is 0.408 e. The van der Waals surface area contributed by atoms with E-state index in [9.17, 15) is 19.7 Å². The van der Waals surface area contributed by atoms with Gasteiger partial charge in [-0.15, -0.1) is 0 Å². The van der Waals surface area contributed by atoms with Crippen molar-refractivity contribution in [3.63, 3.8) is 0 Å². The first kappa shape index (κ1) is 17.6. The largest absolute Gasteiger partial charge is 0.444 e. The second kappa shape index (κ2) is 6.13. The quantitative estimate of drug-likeness (QED) is 0.524. The first-order chi connectivity index (χ1) is 10.00. The van der Waals surface area contributed by atoms with Gasteiger partial charge >= 0.3 is 6.09 Å². The second-order valence-corrected chi connectivity index (χ2v) is 6.17. The van der Waals surface area contributed by atoms with Gasteiger partial charge in [0.15, 0.2) is 0 Å². The number of amides is 1. The molecule has 0 aromatic heterocycles. The number of hydrogen-bond acceptors (Lipinski definition) is 5. The highest BCUT2D eigenvalue weighted by molar-refractivity contribution is 5.80. The second-order valence-electron chi connectivity index (χ2n) is 6.17. The fourth-order valence-corrected chi connectivity index (χ4v) is 2.15. The molecule has 0 aliphatic carbocycles. The molecule has 0 saturated heterocycles. The molecule has 0 radical (unpaired) electrons. The van der Waals surface area contributed by atoms with Crippen LogP contribution >= 0.6 is 0 Å². The summed E-state index contributed by atoms with van der Waals surface area (Å²) in [5, 5.41) is 13.6. The Labute approximate surface area is 128 Å². The average Bonchev–Trinajstić information content (AvgIpc) is 2.35. The summed E-state index contributed by atoms with van der Waals surface area (Å²) < 4.78 is 5.12. The number of nitro groups is 1. The van der Waals surface area contributed by atoms with Crippen molar-refractivity contribution in [2.75, 3.05) is 0 Å². The van der Waals surface area contributed by atoms with Gasteiger partial charge in [-0.05, 0) is 40.2 Å². The zero-order valence-electron chi connectivity index (χ0n) is 13.3. The highest BCUT2D eigenvalue weighted by Gasteiger charge is 2.37. The van der Waals surface area contributed by atoms with E-state index in [1.54, 1.807) is 33.8 Å². The van der Waals surface area contributed by atoms with E-state index in [1.165, 1.54) is 19.1 Å². The normalized spacial score (nSPS) is 13.9. The Morgan fingerprint density at radius 2 is 1.91 bits per heavy atom. The van der Waals surface area contributed by atoms with E-state index in [-0.39, 0.29) is 11.3 Å². The summed E-state index contributed by atoms with van der Waals surface area (Å²) in [5.74, 6) is 0. The van der Waals surface area contributed by atoms with Gasteiger partial charge in [-0.2, -0.15) is 0 Å². The SMILES string of the molecule is Cc1cccc([N+](=O)[O-])c1C(C)(C=O)NC(=O)OC(C)(C)C. The van der Waals surface area contributed by atoms with Crippen LogP contribution in [0.25, 0.3) is 0 Å². The minimum atomic E-state index is -1.56. The van der Waals surface area contributed by atoms with Crippen molar-refractivity contribution in [2.45, 2.75) is 45.8 Å². The van der Waals surface area contributed by atoms with E-state index >= 15 is 0 Å². The summed E-state index contributed by atoms with van der Waals surface area (Å²) >= 11 is 0. The number of nitrogens with zero attached hydrogens (tertiary/aromatic N) is 1. The average molecular weight is 308 g/mol. The number of aldehydes is 1. The highest BCUT2D eigenvalue weighted by Crippen LogP contribution is 2.31. The van der Waals surface area contributed by atoms with Crippen LogP contribution in [0.5, 0.6) is 0 Å². The Balaban J connectivity index is 3.28. The molecular formula is C15H20N2O5. The van der Waals surface area contributed by atoms with Crippen LogP contribution < -0.4 is 5.32 Å². The van der Waals surface area contributed by atoms with Crippen molar-refractivity contribution >= 4 is 18.1 Å². The fourth-order valence-electron chi connectivity index (χ4n) is 2.15. The number of alkyl carbamates (subject to hydrolysis) is 1. The summed E-state index contributed by atoms with van der Waals surface area (Å²) in [6, 6.07) is 4.46. The summed E-state index contributed by atoms with van der Waals surface area (Å²) in [5.41, 5.74) is -1.87. The van der Waals surface area contributed by atoms with Crippen LogP contribution in [0, 0.1) is 17.0 Å². The van der Waals surface area contributed by atoms with Gasteiger partial charge in [0.25, 0.3) is 5.69 Å². The minimum absolute atomic E-state index is 0.140. The van der Waals surface area contributed by atoms with Gasteiger partial charge in [0.2, 0.25) is 0 Å². The van der Waals surface area contributed by atoms with E-state index in [2.05, 4.69) is 5.32 Å². The Morgan fingerprint density at radius 1 is 1.32 bits per heavy atom. The summed E-state index contributed by atoms with van der Waals surface area (Å²) in [6.07, 6.45) is -0.355. The maximum absolute atomic E-state index is 11.9. The number of hydrogen-bond donors (Lipinski definition) is 1. The van der Waals surface area contributed by atoms with Crippen LogP contribution in [0.2, 0.25) is 0 Å². The lowest BCUT2D eigenvalue weighted by molar-refractivity contribution is -0.386. The van der Waals surface area contributed by atoms with Crippen LogP contribution in [-0.4, -0.2) is 22.9 Å². The Bertz CT molecular complexity index is 606. The number of ether oxygens (including phenoxy) is 1. The summed E-state index contributed by atoms with van der Waals surface area (Å²) in [7, 11) is 0. The standard InChI is InChI=1S/C15H20N2O5/c1-10-7-6-8-11(17(20)21)12(10)15(5,9-18)16-13(19)22-14(2,3)4/h6-9H,1-5H3,(H,16,19). The van der Waals surface area contributed by atoms with E-state index in [1.807, 2.05) is 0 Å². The van der Waals surface area contributed by atoms with Crippen molar-refractivity contribution < 1.29 is 19.2 Å². The molecule has 1 N–H and O–H groups in total. The van der Waals surface area contributed by atoms with Gasteiger partial charge in [0, 0.05) is 6.07 Å². The van der Waals surface area contributed by atoms with Crippen LogP contribution in [0.4, 0.5) is 10.5 Å². The molecule has 1 rings (SSSR count). The molecule has 0 heterocycles. The molecule has 1 atom stereocenters. The molecule has 0 saturated carbocycles. The van der Waals surface area contributed by atoms with E-state index in [4.69, 9.17) is 4.74 Å². The first-order valence-corrected chi connectivity index (χ1v) is 6.72. The molecule has 1 unspecified atom stereocenters. The molecule has 22 heavy (non-hydrogen) atoms. The van der Waals surface area contributed by atoms with E-state index in [0.29, 0.717) is 11.8 Å². The molecule has 1 aromatic carbocycles. The molecule has 7 nitrogen and oxygen atoms in total. The Morgan fingerprint density at radius 3 is 2.36 bits per heavy atom. The monoisotopic (exact) mass is 308 g/mol. The predicted octanol–water partition coefficient (Wildman–Crippen LogP) is 2.84. The van der Waals surface area contributed by atoms with Crippen molar-refractivity contribution in [3.8, 4) is 0 Å². The Hall–Kier alpha value is -2.44. The van der Waals surface area contributed by atoms with Crippen molar-refractivity contribution in [3.05, 3.63) is 39.4 Å². The minimum Gasteiger partial charge on any atom is -0.444 e. The third kappa shape index (κ3) is 4.03. The van der Waals surface area contributed by atoms with Gasteiger partial charge < -0.3 is 14.8 Å². The van der Waals surface area contributed by atoms with Gasteiger partial charge in [0.1, 0.15) is 17.4 Å². The molecule has 1 amide bonds. The number of rotatable bonds is 4. The van der Waals surface area contributed by atoms with E-state index in [0.717, 1.165) is 0 Å². The number of nitro benzene ring substituents is 1. The van der Waals surface area contributed by atoms with Gasteiger partial charge in [0.05, 0.1) is 10.5 Å². The molecule has 0 bridgehead atoms. The maximum atomic E-state index is 11.9. The zero-order valence-corrected chi connectivity index (χ0v) is 13.3. The topological polar surface area (TPSA) is 98.5 Å². The third-order valence-electron chi connectivity index (χ3n) is 2.96. The van der Waals surface area contributed by atoms with Crippen molar-refractivity contribution in [2.24, 2.45) is 0 Å². The van der Waals surface area contributed by atoms with E-state index < -0.39 is 22.2 Å². The number of carbonyl (C=O) groups is 2. The lowest BCUT2D eigenvalue weighted by Gasteiger charge is -2.28. The number of carbonyl (C=O) groups excluding carboxylic acids is 2. The fraction of sp³-hybridized carbons (Fsp3) is 0.467. The molecule has 0 aliphatic rings. The Kier molecular flexibility index (Phi) is 4.91. The predicted molar refractivity (Wildman–Crippen MR) is 80.6 cm³/mol. The molecule has 120 valence electrons. The van der Waals surface area contributed by atoms with Crippen LogP contribution in [-0.2, 0) is 15.1 Å². The molecule has 0 spiro atoms. The van der Waals surface area contributed by atoms with Gasteiger partial charge in [-0.25, -0.2) is 4.79 Å².